The Balaban J connectivity index is 2.51. The molecule has 0 aromatic heterocycles. The number of nitrogens with zero attached hydrogens (tertiary/aromatic N) is 2. The molecular weight excluding hydrogens is 280 g/mol. The van der Waals surface area contributed by atoms with Crippen LogP contribution in [0.15, 0.2) is 73.9 Å². The molecule has 126 valence electrons. The first-order valence-corrected chi connectivity index (χ1v) is 8.61. The molecule has 2 heteroatoms. The van der Waals surface area contributed by atoms with E-state index < -0.39 is 0 Å². The third kappa shape index (κ3) is 8.53. The van der Waals surface area contributed by atoms with Crippen molar-refractivity contribution in [1.82, 2.24) is 10.0 Å². The van der Waals surface area contributed by atoms with Crippen LogP contribution in [0.2, 0.25) is 0 Å². The van der Waals surface area contributed by atoms with Gasteiger partial charge in [0.05, 0.1) is 0 Å². The molecule has 0 amide bonds. The highest BCUT2D eigenvalue weighted by molar-refractivity contribution is 5.19. The summed E-state index contributed by atoms with van der Waals surface area (Å²) in [6, 6.07) is 0. The van der Waals surface area contributed by atoms with Gasteiger partial charge < -0.3 is 0 Å². The van der Waals surface area contributed by atoms with E-state index in [1.165, 1.54) is 19.3 Å². The molecule has 23 heavy (non-hydrogen) atoms. The zero-order valence-electron chi connectivity index (χ0n) is 14.6. The lowest BCUT2D eigenvalue weighted by molar-refractivity contribution is -0.0141. The number of hydrogen-bond acceptors (Lipinski definition) is 2. The smallest absolute Gasteiger partial charge is 0.0173 e. The lowest BCUT2D eigenvalue weighted by Crippen LogP contribution is -2.43. The fourth-order valence-corrected chi connectivity index (χ4v) is 2.67. The van der Waals surface area contributed by atoms with Crippen LogP contribution in [0.4, 0.5) is 0 Å². The molecule has 0 atom stereocenters. The van der Waals surface area contributed by atoms with Gasteiger partial charge in [-0.2, -0.15) is 0 Å². The molecule has 0 aromatic carbocycles. The fourth-order valence-electron chi connectivity index (χ4n) is 2.67. The van der Waals surface area contributed by atoms with Crippen molar-refractivity contribution in [2.45, 2.75) is 32.1 Å². The zero-order chi connectivity index (χ0) is 16.9. The third-order valence-corrected chi connectivity index (χ3v) is 4.05. The lowest BCUT2D eigenvalue weighted by Gasteiger charge is -2.33. The van der Waals surface area contributed by atoms with E-state index in [2.05, 4.69) is 48.5 Å². The maximum Gasteiger partial charge on any atom is 0.0173 e. The van der Waals surface area contributed by atoms with E-state index in [0.717, 1.165) is 50.2 Å². The van der Waals surface area contributed by atoms with Gasteiger partial charge in [-0.3, -0.25) is 0 Å². The van der Waals surface area contributed by atoms with Crippen molar-refractivity contribution in [2.24, 2.45) is 0 Å². The molecule has 0 aromatic rings. The third-order valence-electron chi connectivity index (χ3n) is 4.05. The highest BCUT2D eigenvalue weighted by Crippen LogP contribution is 2.15. The summed E-state index contributed by atoms with van der Waals surface area (Å²) in [4.78, 5) is 0. The second-order valence-electron chi connectivity index (χ2n) is 5.97. The first-order valence-electron chi connectivity index (χ1n) is 8.61. The second-order valence-corrected chi connectivity index (χ2v) is 5.97. The highest BCUT2D eigenvalue weighted by atomic mass is 15.6. The molecular formula is C21H32N2. The highest BCUT2D eigenvalue weighted by Gasteiger charge is 2.17. The molecule has 0 saturated carbocycles. The molecule has 1 saturated heterocycles. The van der Waals surface area contributed by atoms with Crippen molar-refractivity contribution in [3.8, 4) is 0 Å². The largest absolute Gasteiger partial charge is 0.241 e. The summed E-state index contributed by atoms with van der Waals surface area (Å²) in [6.45, 7) is 20.0. The van der Waals surface area contributed by atoms with Gasteiger partial charge >= 0.3 is 0 Å². The number of allylic oxidation sites excluding steroid dienone is 6. The summed E-state index contributed by atoms with van der Waals surface area (Å²) in [5.41, 5.74) is 2.32. The minimum absolute atomic E-state index is 0.998. The van der Waals surface area contributed by atoms with Gasteiger partial charge in [-0.15, -0.1) is 0 Å². The molecule has 0 spiro atoms. The van der Waals surface area contributed by atoms with Crippen LogP contribution in [0, 0.1) is 0 Å². The standard InChI is InChI=1S/C21H32N2/c1-5-7-12-20(3)14-18-22-16-10-9-11-17-23(22)19-15-21(4)13-8-6-2/h5-8,12-13H,1-4,9-11,14-19H2. The van der Waals surface area contributed by atoms with E-state index in [-0.39, 0.29) is 0 Å². The number of hydrogen-bond donors (Lipinski definition) is 0. The second kappa shape index (κ2) is 11.9. The Labute approximate surface area is 142 Å². The maximum absolute atomic E-state index is 4.12. The van der Waals surface area contributed by atoms with Crippen LogP contribution in [0.1, 0.15) is 32.1 Å². The van der Waals surface area contributed by atoms with E-state index in [1.807, 2.05) is 12.2 Å². The van der Waals surface area contributed by atoms with Gasteiger partial charge in [0, 0.05) is 26.2 Å². The monoisotopic (exact) mass is 312 g/mol. The van der Waals surface area contributed by atoms with E-state index in [0.29, 0.717) is 0 Å². The molecule has 0 bridgehead atoms. The normalized spacial score (nSPS) is 17.4. The Morgan fingerprint density at radius 1 is 0.739 bits per heavy atom. The van der Waals surface area contributed by atoms with Crippen LogP contribution in [0.3, 0.4) is 0 Å². The Bertz CT molecular complexity index is 414. The summed E-state index contributed by atoms with van der Waals surface area (Å²) in [5.74, 6) is 0. The molecule has 0 N–H and O–H groups in total. The minimum atomic E-state index is 0.998. The Morgan fingerprint density at radius 2 is 1.17 bits per heavy atom. The molecule has 1 rings (SSSR count). The molecule has 1 fully saturated rings. The average Bonchev–Trinajstić information content (AvgIpc) is 2.79. The first kappa shape index (κ1) is 19.4. The number of hydrazine groups is 1. The topological polar surface area (TPSA) is 6.48 Å². The Hall–Kier alpha value is -1.64. The molecule has 2 nitrogen and oxygen atoms in total. The van der Waals surface area contributed by atoms with Crippen LogP contribution in [-0.4, -0.2) is 36.2 Å². The van der Waals surface area contributed by atoms with E-state index in [1.54, 1.807) is 12.2 Å². The van der Waals surface area contributed by atoms with Crippen molar-refractivity contribution in [3.05, 3.63) is 73.9 Å². The molecule has 1 aliphatic heterocycles. The predicted octanol–water partition coefficient (Wildman–Crippen LogP) is 5.07. The molecule has 0 radical (unpaired) electrons. The predicted molar refractivity (Wildman–Crippen MR) is 103 cm³/mol. The van der Waals surface area contributed by atoms with Crippen molar-refractivity contribution in [2.75, 3.05) is 26.2 Å². The van der Waals surface area contributed by atoms with Gasteiger partial charge in [0.15, 0.2) is 0 Å². The van der Waals surface area contributed by atoms with Gasteiger partial charge in [0.25, 0.3) is 0 Å². The van der Waals surface area contributed by atoms with Crippen molar-refractivity contribution >= 4 is 0 Å². The SMILES string of the molecule is C=CC=CC(=C)CCN1CCCCCN1CCC(=C)C=CC=C. The van der Waals surface area contributed by atoms with Crippen LogP contribution in [0.25, 0.3) is 0 Å². The number of rotatable bonds is 10. The minimum Gasteiger partial charge on any atom is -0.241 e. The van der Waals surface area contributed by atoms with Crippen molar-refractivity contribution < 1.29 is 0 Å². The van der Waals surface area contributed by atoms with Gasteiger partial charge in [0.2, 0.25) is 0 Å². The summed E-state index contributed by atoms with van der Waals surface area (Å²) in [7, 11) is 0. The summed E-state index contributed by atoms with van der Waals surface area (Å²) < 4.78 is 0. The van der Waals surface area contributed by atoms with Gasteiger partial charge in [-0.25, -0.2) is 10.0 Å². The van der Waals surface area contributed by atoms with Gasteiger partial charge in [-0.05, 0) is 25.7 Å². The maximum atomic E-state index is 4.12. The summed E-state index contributed by atoms with van der Waals surface area (Å²) >= 11 is 0. The molecule has 1 aliphatic rings. The summed E-state index contributed by atoms with van der Waals surface area (Å²) in [6.07, 6.45) is 17.5. The van der Waals surface area contributed by atoms with Gasteiger partial charge in [-0.1, -0.05) is 80.3 Å². The van der Waals surface area contributed by atoms with Crippen LogP contribution in [-0.2, 0) is 0 Å². The fraction of sp³-hybridized carbons (Fsp3) is 0.429. The molecule has 0 unspecified atom stereocenters. The first-order chi connectivity index (χ1) is 11.2. The van der Waals surface area contributed by atoms with Gasteiger partial charge in [0.1, 0.15) is 0 Å². The molecule has 0 aliphatic carbocycles. The van der Waals surface area contributed by atoms with E-state index in [9.17, 15) is 0 Å². The van der Waals surface area contributed by atoms with E-state index >= 15 is 0 Å². The average molecular weight is 313 g/mol. The Morgan fingerprint density at radius 3 is 1.57 bits per heavy atom. The zero-order valence-corrected chi connectivity index (χ0v) is 14.6. The summed E-state index contributed by atoms with van der Waals surface area (Å²) in [5, 5.41) is 5.01. The van der Waals surface area contributed by atoms with Crippen molar-refractivity contribution in [3.63, 3.8) is 0 Å². The molecule has 1 heterocycles. The van der Waals surface area contributed by atoms with E-state index in [4.69, 9.17) is 0 Å². The van der Waals surface area contributed by atoms with Crippen LogP contribution >= 0.6 is 0 Å². The quantitative estimate of drug-likeness (QED) is 0.520. The van der Waals surface area contributed by atoms with Crippen molar-refractivity contribution in [1.29, 1.82) is 0 Å². The Kier molecular flexibility index (Phi) is 10.0. The van der Waals surface area contributed by atoms with Crippen LogP contribution in [0.5, 0.6) is 0 Å². The lowest BCUT2D eigenvalue weighted by atomic mass is 10.2. The van der Waals surface area contributed by atoms with Crippen LogP contribution < -0.4 is 0 Å².